The van der Waals surface area contributed by atoms with E-state index in [1.807, 2.05) is 6.08 Å². The highest BCUT2D eigenvalue weighted by Crippen LogP contribution is 2.06. The van der Waals surface area contributed by atoms with Gasteiger partial charge in [0.1, 0.15) is 0 Å². The van der Waals surface area contributed by atoms with Gasteiger partial charge >= 0.3 is 0 Å². The Morgan fingerprint density at radius 2 is 2.00 bits per heavy atom. The molecule has 0 aromatic rings. The summed E-state index contributed by atoms with van der Waals surface area (Å²) in [5.41, 5.74) is 5.37. The minimum atomic E-state index is -0.327. The quantitative estimate of drug-likeness (QED) is 0.273. The maximum atomic E-state index is 11.5. The smallest absolute Gasteiger partial charge is 0.269 e. The number of unbranched alkanes of at least 4 members (excludes halogenated alkanes) is 3. The molecule has 0 rings (SSSR count). The number of hydrogen-bond donors (Lipinski definition) is 2. The van der Waals surface area contributed by atoms with Gasteiger partial charge in [-0.3, -0.25) is 10.0 Å². The first-order chi connectivity index (χ1) is 8.57. The number of nitrogens with two attached hydrogens (primary N) is 1. The van der Waals surface area contributed by atoms with E-state index in [4.69, 9.17) is 5.73 Å². The van der Waals surface area contributed by atoms with Crippen LogP contribution in [0, 0.1) is 5.92 Å². The Morgan fingerprint density at radius 3 is 2.61 bits per heavy atom. The third-order valence-corrected chi connectivity index (χ3v) is 2.74. The molecule has 3 N–H and O–H groups in total. The number of carbonyl (C=O) groups is 1. The normalized spacial score (nSPS) is 11.4. The molecule has 4 heteroatoms. The van der Waals surface area contributed by atoms with Crippen molar-refractivity contribution in [3.05, 3.63) is 12.2 Å². The van der Waals surface area contributed by atoms with Gasteiger partial charge in [0, 0.05) is 12.6 Å². The van der Waals surface area contributed by atoms with Gasteiger partial charge in [-0.2, -0.15) is 0 Å². The van der Waals surface area contributed by atoms with Crippen LogP contribution >= 0.6 is 0 Å². The van der Waals surface area contributed by atoms with Crippen LogP contribution in [-0.2, 0) is 4.79 Å². The summed E-state index contributed by atoms with van der Waals surface area (Å²) in [6, 6.07) is 0. The Hall–Kier alpha value is -0.870. The van der Waals surface area contributed by atoms with E-state index >= 15 is 0 Å². The van der Waals surface area contributed by atoms with E-state index in [9.17, 15) is 10.0 Å². The van der Waals surface area contributed by atoms with E-state index in [-0.39, 0.29) is 5.91 Å². The highest BCUT2D eigenvalue weighted by Gasteiger charge is 2.05. The summed E-state index contributed by atoms with van der Waals surface area (Å²) >= 11 is 0. The highest BCUT2D eigenvalue weighted by atomic mass is 16.5. The number of hydroxylamine groups is 2. The lowest BCUT2D eigenvalue weighted by Crippen LogP contribution is -2.26. The molecule has 0 heterocycles. The zero-order valence-electron chi connectivity index (χ0n) is 11.8. The van der Waals surface area contributed by atoms with E-state index in [1.165, 1.54) is 12.5 Å². The molecule has 0 saturated heterocycles. The van der Waals surface area contributed by atoms with Crippen molar-refractivity contribution in [2.75, 3.05) is 13.1 Å². The third-order valence-electron chi connectivity index (χ3n) is 2.74. The van der Waals surface area contributed by atoms with Gasteiger partial charge in [-0.15, -0.1) is 0 Å². The van der Waals surface area contributed by atoms with Gasteiger partial charge in [0.25, 0.3) is 5.91 Å². The fraction of sp³-hybridized carbons (Fsp3) is 0.786. The summed E-state index contributed by atoms with van der Waals surface area (Å²) in [5, 5.41) is 10.3. The summed E-state index contributed by atoms with van der Waals surface area (Å²) in [4.78, 5) is 11.5. The van der Waals surface area contributed by atoms with Crippen molar-refractivity contribution in [2.24, 2.45) is 11.7 Å². The van der Waals surface area contributed by atoms with E-state index in [2.05, 4.69) is 13.8 Å². The Morgan fingerprint density at radius 1 is 1.28 bits per heavy atom. The van der Waals surface area contributed by atoms with Crippen LogP contribution in [0.5, 0.6) is 0 Å². The fourth-order valence-corrected chi connectivity index (χ4v) is 1.61. The van der Waals surface area contributed by atoms with Crippen molar-refractivity contribution in [1.29, 1.82) is 0 Å². The largest absolute Gasteiger partial charge is 0.330 e. The van der Waals surface area contributed by atoms with Gasteiger partial charge in [-0.25, -0.2) is 5.06 Å². The monoisotopic (exact) mass is 256 g/mol. The minimum absolute atomic E-state index is 0.327. The van der Waals surface area contributed by atoms with Crippen molar-refractivity contribution in [3.63, 3.8) is 0 Å². The predicted octanol–water partition coefficient (Wildman–Crippen LogP) is 2.72. The van der Waals surface area contributed by atoms with E-state index < -0.39 is 0 Å². The van der Waals surface area contributed by atoms with Crippen molar-refractivity contribution in [1.82, 2.24) is 5.06 Å². The molecule has 0 fully saturated rings. The molecular weight excluding hydrogens is 228 g/mol. The standard InChI is InChI=1S/C14H28N2O2/c1-13(2)9-5-3-6-10-14(17)16(18)12-8-4-7-11-15/h6,10,13,18H,3-5,7-9,11-12,15H2,1-2H3/b10-6+. The Balaban J connectivity index is 3.62. The fourth-order valence-electron chi connectivity index (χ4n) is 1.61. The Bertz CT molecular complexity index is 240. The number of carbonyl (C=O) groups excluding carboxylic acids is 1. The predicted molar refractivity (Wildman–Crippen MR) is 74.2 cm³/mol. The van der Waals surface area contributed by atoms with Crippen LogP contribution in [0.4, 0.5) is 0 Å². The maximum Gasteiger partial charge on any atom is 0.269 e. The molecule has 1 amide bonds. The first kappa shape index (κ1) is 17.1. The summed E-state index contributed by atoms with van der Waals surface area (Å²) < 4.78 is 0. The van der Waals surface area contributed by atoms with Gasteiger partial charge in [-0.1, -0.05) is 32.8 Å². The van der Waals surface area contributed by atoms with Crippen molar-refractivity contribution >= 4 is 5.91 Å². The summed E-state index contributed by atoms with van der Waals surface area (Å²) in [6.07, 6.45) is 9.12. The molecule has 106 valence electrons. The van der Waals surface area contributed by atoms with Crippen LogP contribution in [0.15, 0.2) is 12.2 Å². The lowest BCUT2D eigenvalue weighted by Gasteiger charge is -2.12. The SMILES string of the molecule is CC(C)CCC/C=C/C(=O)N(O)CCCCCN. The van der Waals surface area contributed by atoms with Crippen molar-refractivity contribution < 1.29 is 10.0 Å². The molecule has 0 aromatic carbocycles. The maximum absolute atomic E-state index is 11.5. The molecule has 0 unspecified atom stereocenters. The van der Waals surface area contributed by atoms with Gasteiger partial charge in [-0.05, 0) is 38.1 Å². The average molecular weight is 256 g/mol. The molecular formula is C14H28N2O2. The van der Waals surface area contributed by atoms with Crippen LogP contribution in [0.25, 0.3) is 0 Å². The molecule has 0 aliphatic heterocycles. The minimum Gasteiger partial charge on any atom is -0.330 e. The Kier molecular flexibility index (Phi) is 10.7. The Labute approximate surface area is 111 Å². The number of allylic oxidation sites excluding steroid dienone is 1. The van der Waals surface area contributed by atoms with Crippen LogP contribution in [0.1, 0.15) is 52.4 Å². The van der Waals surface area contributed by atoms with Gasteiger partial charge < -0.3 is 5.73 Å². The summed E-state index contributed by atoms with van der Waals surface area (Å²) in [7, 11) is 0. The summed E-state index contributed by atoms with van der Waals surface area (Å²) in [5.74, 6) is 0.373. The molecule has 18 heavy (non-hydrogen) atoms. The van der Waals surface area contributed by atoms with Crippen LogP contribution < -0.4 is 5.73 Å². The molecule has 0 spiro atoms. The molecule has 4 nitrogen and oxygen atoms in total. The zero-order valence-corrected chi connectivity index (χ0v) is 11.8. The zero-order chi connectivity index (χ0) is 13.8. The second-order valence-electron chi connectivity index (χ2n) is 5.04. The van der Waals surface area contributed by atoms with E-state index in [1.54, 1.807) is 0 Å². The number of hydrogen-bond acceptors (Lipinski definition) is 3. The molecule has 0 saturated carbocycles. The second kappa shape index (κ2) is 11.2. The molecule has 0 radical (unpaired) electrons. The molecule has 0 aliphatic carbocycles. The van der Waals surface area contributed by atoms with Crippen LogP contribution in [0.3, 0.4) is 0 Å². The third kappa shape index (κ3) is 10.3. The number of amides is 1. The topological polar surface area (TPSA) is 66.6 Å². The molecule has 0 bridgehead atoms. The van der Waals surface area contributed by atoms with Crippen molar-refractivity contribution in [2.45, 2.75) is 52.4 Å². The first-order valence-corrected chi connectivity index (χ1v) is 6.95. The van der Waals surface area contributed by atoms with Crippen LogP contribution in [-0.4, -0.2) is 29.3 Å². The lowest BCUT2D eigenvalue weighted by atomic mass is 10.1. The highest BCUT2D eigenvalue weighted by molar-refractivity contribution is 5.86. The van der Waals surface area contributed by atoms with Crippen molar-refractivity contribution in [3.8, 4) is 0 Å². The van der Waals surface area contributed by atoms with Gasteiger partial charge in [0.15, 0.2) is 0 Å². The van der Waals surface area contributed by atoms with E-state index in [0.29, 0.717) is 19.0 Å². The first-order valence-electron chi connectivity index (χ1n) is 6.95. The lowest BCUT2D eigenvalue weighted by molar-refractivity contribution is -0.159. The second-order valence-corrected chi connectivity index (χ2v) is 5.04. The van der Waals surface area contributed by atoms with Crippen LogP contribution in [0.2, 0.25) is 0 Å². The number of rotatable bonds is 10. The van der Waals surface area contributed by atoms with Gasteiger partial charge in [0.05, 0.1) is 0 Å². The van der Waals surface area contributed by atoms with E-state index in [0.717, 1.165) is 37.2 Å². The summed E-state index contributed by atoms with van der Waals surface area (Å²) in [6.45, 7) is 5.42. The molecule has 0 aliphatic rings. The molecule has 0 atom stereocenters. The molecule has 0 aromatic heterocycles. The average Bonchev–Trinajstić information content (AvgIpc) is 2.33. The van der Waals surface area contributed by atoms with Gasteiger partial charge in [0.2, 0.25) is 0 Å². The number of nitrogens with zero attached hydrogens (tertiary/aromatic N) is 1.